The molecule has 1 fully saturated rings. The fourth-order valence-corrected chi connectivity index (χ4v) is 4.41. The topological polar surface area (TPSA) is 95.8 Å². The lowest BCUT2D eigenvalue weighted by atomic mass is 9.85. The highest BCUT2D eigenvalue weighted by molar-refractivity contribution is 7.18. The van der Waals surface area contributed by atoms with Crippen LogP contribution in [0.2, 0.25) is 0 Å². The summed E-state index contributed by atoms with van der Waals surface area (Å²) in [4.78, 5) is 14.3. The number of nitrogens with one attached hydrogen (secondary N) is 3. The molecule has 6 nitrogen and oxygen atoms in total. The number of H-pyrrole nitrogens is 1. The maximum absolute atomic E-state index is 12.5. The number of amides is 1. The average Bonchev–Trinajstić information content (AvgIpc) is 3.08. The molecule has 5 N–H and O–H groups in total. The van der Waals surface area contributed by atoms with Crippen LogP contribution in [0.3, 0.4) is 0 Å². The van der Waals surface area contributed by atoms with Gasteiger partial charge in [-0.15, -0.1) is 11.3 Å². The Morgan fingerprint density at radius 1 is 1.36 bits per heavy atom. The van der Waals surface area contributed by atoms with Gasteiger partial charge in [0.2, 0.25) is 0 Å². The summed E-state index contributed by atoms with van der Waals surface area (Å²) in [5, 5.41) is 13.7. The monoisotopic (exact) mass is 317 g/mol. The Hall–Kier alpha value is -1.86. The molecule has 4 rings (SSSR count). The van der Waals surface area contributed by atoms with Crippen molar-refractivity contribution in [2.24, 2.45) is 5.73 Å². The molecule has 0 aromatic carbocycles. The number of thiophene rings is 1. The van der Waals surface area contributed by atoms with Crippen LogP contribution < -0.4 is 16.4 Å². The number of nitrogens with zero attached hydrogens (tertiary/aromatic N) is 1. The van der Waals surface area contributed by atoms with Crippen LogP contribution in [0.4, 0.5) is 5.69 Å². The number of hydrogen-bond acceptors (Lipinski definition) is 5. The van der Waals surface area contributed by atoms with E-state index in [1.165, 1.54) is 11.3 Å². The molecule has 22 heavy (non-hydrogen) atoms. The first-order chi connectivity index (χ1) is 10.6. The normalized spacial score (nSPS) is 27.4. The summed E-state index contributed by atoms with van der Waals surface area (Å²) >= 11 is 1.50. The van der Waals surface area contributed by atoms with Crippen LogP contribution in [0.25, 0.3) is 10.4 Å². The van der Waals surface area contributed by atoms with Crippen LogP contribution in [-0.4, -0.2) is 27.8 Å². The van der Waals surface area contributed by atoms with Crippen LogP contribution in [0.5, 0.6) is 0 Å². The third kappa shape index (κ3) is 2.12. The van der Waals surface area contributed by atoms with Crippen molar-refractivity contribution < 1.29 is 4.79 Å². The largest absolute Gasteiger partial charge is 0.361 e. The van der Waals surface area contributed by atoms with Gasteiger partial charge in [0.15, 0.2) is 0 Å². The second-order valence-corrected chi connectivity index (χ2v) is 7.31. The summed E-state index contributed by atoms with van der Waals surface area (Å²) in [5.41, 5.74) is 8.65. The molecule has 0 bridgehead atoms. The Bertz CT molecular complexity index is 726. The minimum atomic E-state index is -0.330. The third-order valence-electron chi connectivity index (χ3n) is 4.64. The molecule has 116 valence electrons. The zero-order valence-electron chi connectivity index (χ0n) is 12.4. The molecule has 2 aromatic heterocycles. The van der Waals surface area contributed by atoms with Crippen molar-refractivity contribution in [3.8, 4) is 10.4 Å². The van der Waals surface area contributed by atoms with Crippen LogP contribution in [0.15, 0.2) is 12.3 Å². The number of anilines is 1. The zero-order valence-corrected chi connectivity index (χ0v) is 13.2. The lowest BCUT2D eigenvalue weighted by molar-refractivity contribution is 0.0876. The fourth-order valence-electron chi connectivity index (χ4n) is 3.33. The molecule has 1 spiro atoms. The van der Waals surface area contributed by atoms with Crippen molar-refractivity contribution in [1.29, 1.82) is 0 Å². The maximum Gasteiger partial charge on any atom is 0.265 e. The Labute approximate surface area is 132 Å². The molecule has 2 aliphatic rings. The van der Waals surface area contributed by atoms with Crippen LogP contribution in [0.1, 0.15) is 41.0 Å². The number of rotatable bonds is 1. The number of carbonyl (C=O) groups is 1. The van der Waals surface area contributed by atoms with Gasteiger partial charge in [-0.3, -0.25) is 9.89 Å². The Balaban J connectivity index is 1.68. The van der Waals surface area contributed by atoms with Gasteiger partial charge in [-0.1, -0.05) is 0 Å². The van der Waals surface area contributed by atoms with Gasteiger partial charge in [-0.2, -0.15) is 5.10 Å². The average molecular weight is 317 g/mol. The first kappa shape index (κ1) is 13.8. The minimum absolute atomic E-state index is 0.0154. The molecule has 0 saturated heterocycles. The van der Waals surface area contributed by atoms with E-state index in [4.69, 9.17) is 5.73 Å². The smallest absolute Gasteiger partial charge is 0.265 e. The number of aryl methyl sites for hydroxylation is 1. The van der Waals surface area contributed by atoms with E-state index >= 15 is 0 Å². The van der Waals surface area contributed by atoms with Crippen molar-refractivity contribution in [3.05, 3.63) is 22.8 Å². The summed E-state index contributed by atoms with van der Waals surface area (Å²) in [7, 11) is 0. The van der Waals surface area contributed by atoms with Gasteiger partial charge >= 0.3 is 0 Å². The molecule has 3 heterocycles. The first-order valence-corrected chi connectivity index (χ1v) is 8.38. The van der Waals surface area contributed by atoms with E-state index in [0.29, 0.717) is 0 Å². The highest BCUT2D eigenvalue weighted by Crippen LogP contribution is 2.41. The third-order valence-corrected chi connectivity index (χ3v) is 5.81. The van der Waals surface area contributed by atoms with E-state index in [1.807, 2.05) is 6.92 Å². The van der Waals surface area contributed by atoms with Gasteiger partial charge in [0, 0.05) is 22.2 Å². The van der Waals surface area contributed by atoms with E-state index in [1.54, 1.807) is 6.20 Å². The number of fused-ring (bicyclic) bond motifs is 1. The fraction of sp³-hybridized carbons (Fsp3) is 0.467. The second-order valence-electron chi connectivity index (χ2n) is 6.26. The first-order valence-electron chi connectivity index (χ1n) is 7.57. The molecular weight excluding hydrogens is 298 g/mol. The quantitative estimate of drug-likeness (QED) is 0.648. The molecule has 2 aromatic rings. The van der Waals surface area contributed by atoms with Crippen LogP contribution >= 0.6 is 11.3 Å². The lowest BCUT2D eigenvalue weighted by Crippen LogP contribution is -2.59. The molecule has 1 aliphatic carbocycles. The van der Waals surface area contributed by atoms with Crippen molar-refractivity contribution in [2.75, 3.05) is 5.32 Å². The van der Waals surface area contributed by atoms with E-state index < -0.39 is 0 Å². The van der Waals surface area contributed by atoms with Crippen molar-refractivity contribution in [2.45, 2.75) is 44.3 Å². The molecule has 7 heteroatoms. The molecule has 0 atom stereocenters. The highest BCUT2D eigenvalue weighted by atomic mass is 32.1. The number of nitrogens with two attached hydrogens (primary N) is 1. The summed E-state index contributed by atoms with van der Waals surface area (Å²) in [6.45, 7) is 1.98. The Morgan fingerprint density at radius 3 is 2.82 bits per heavy atom. The molecule has 1 amide bonds. The predicted octanol–water partition coefficient (Wildman–Crippen LogP) is 2.20. The molecule has 1 saturated carbocycles. The Kier molecular flexibility index (Phi) is 3.02. The van der Waals surface area contributed by atoms with Gasteiger partial charge in [0.05, 0.1) is 11.9 Å². The second kappa shape index (κ2) is 4.82. The number of aromatic amines is 1. The SMILES string of the molecule is Cc1[nH]ncc1-c1cc2c(s1)C(=O)NC1(CCC(N)CC1)N2. The summed E-state index contributed by atoms with van der Waals surface area (Å²) in [5.74, 6) is 0.0154. The molecular formula is C15H19N5OS. The van der Waals surface area contributed by atoms with Crippen LogP contribution in [0, 0.1) is 6.92 Å². The van der Waals surface area contributed by atoms with Gasteiger partial charge in [-0.05, 0) is 38.7 Å². The molecule has 0 unspecified atom stereocenters. The molecule has 0 radical (unpaired) electrons. The lowest BCUT2D eigenvalue weighted by Gasteiger charge is -2.43. The van der Waals surface area contributed by atoms with Gasteiger partial charge in [0.1, 0.15) is 10.5 Å². The molecule has 1 aliphatic heterocycles. The zero-order chi connectivity index (χ0) is 15.3. The van der Waals surface area contributed by atoms with Crippen molar-refractivity contribution >= 4 is 22.9 Å². The van der Waals surface area contributed by atoms with Crippen molar-refractivity contribution in [3.63, 3.8) is 0 Å². The summed E-state index contributed by atoms with van der Waals surface area (Å²) in [6.07, 6.45) is 5.41. The van der Waals surface area contributed by atoms with E-state index in [9.17, 15) is 4.79 Å². The van der Waals surface area contributed by atoms with E-state index in [0.717, 1.165) is 52.4 Å². The predicted molar refractivity (Wildman–Crippen MR) is 86.9 cm³/mol. The van der Waals surface area contributed by atoms with Gasteiger partial charge in [0.25, 0.3) is 5.91 Å². The number of aromatic nitrogens is 2. The van der Waals surface area contributed by atoms with Gasteiger partial charge < -0.3 is 16.4 Å². The number of hydrogen-bond donors (Lipinski definition) is 4. The highest BCUT2D eigenvalue weighted by Gasteiger charge is 2.41. The van der Waals surface area contributed by atoms with E-state index in [-0.39, 0.29) is 17.6 Å². The maximum atomic E-state index is 12.5. The van der Waals surface area contributed by atoms with Gasteiger partial charge in [-0.25, -0.2) is 0 Å². The Morgan fingerprint density at radius 2 is 2.14 bits per heavy atom. The van der Waals surface area contributed by atoms with E-state index in [2.05, 4.69) is 26.9 Å². The summed E-state index contributed by atoms with van der Waals surface area (Å²) < 4.78 is 0. The van der Waals surface area contributed by atoms with Crippen LogP contribution in [-0.2, 0) is 0 Å². The number of carbonyl (C=O) groups excluding carboxylic acids is 1. The minimum Gasteiger partial charge on any atom is -0.361 e. The summed E-state index contributed by atoms with van der Waals surface area (Å²) in [6, 6.07) is 2.31. The van der Waals surface area contributed by atoms with Crippen molar-refractivity contribution in [1.82, 2.24) is 15.5 Å². The standard InChI is InChI=1S/C15H19N5OS/c1-8-10(7-17-20-8)12-6-11-13(22-12)14(21)19-15(18-11)4-2-9(16)3-5-15/h6-7,9,18H,2-5,16H2,1H3,(H,17,20)(H,19,21).